The third-order valence-electron chi connectivity index (χ3n) is 3.45. The molecule has 0 fully saturated rings. The summed E-state index contributed by atoms with van der Waals surface area (Å²) >= 11 is 0. The van der Waals surface area contributed by atoms with Gasteiger partial charge in [0.2, 0.25) is 5.41 Å². The van der Waals surface area contributed by atoms with Crippen molar-refractivity contribution in [2.45, 2.75) is 17.8 Å². The fraction of sp³-hybridized carbons (Fsp3) is 0.200. The van der Waals surface area contributed by atoms with Crippen molar-refractivity contribution >= 4 is 103 Å². The molecule has 25 heavy (non-hydrogen) atoms. The predicted molar refractivity (Wildman–Crippen MR) is 80.6 cm³/mol. The van der Waals surface area contributed by atoms with E-state index in [0.29, 0.717) is 24.3 Å². The molecule has 2 nitrogen and oxygen atoms in total. The maximum Gasteiger partial charge on any atom is 0.411 e. The first-order valence-corrected chi connectivity index (χ1v) is 6.22. The molecule has 10 heteroatoms. The average molecular weight is 414 g/mol. The molecule has 2 rings (SSSR count). The van der Waals surface area contributed by atoms with Crippen molar-refractivity contribution in [2.75, 3.05) is 0 Å². The van der Waals surface area contributed by atoms with E-state index in [1.54, 1.807) is 0 Å². The van der Waals surface area contributed by atoms with Crippen molar-refractivity contribution in [1.29, 1.82) is 0 Å². The molecule has 0 saturated carbocycles. The Balaban J connectivity index is 0.00000288. The number of phenols is 2. The molecule has 126 valence electrons. The van der Waals surface area contributed by atoms with Gasteiger partial charge in [0.05, 0.1) is 0 Å². The van der Waals surface area contributed by atoms with E-state index < -0.39 is 40.4 Å². The second kappa shape index (κ2) is 9.39. The Hall–Kier alpha value is 0.893. The van der Waals surface area contributed by atoms with Crippen molar-refractivity contribution in [3.8, 4) is 11.5 Å². The van der Waals surface area contributed by atoms with Gasteiger partial charge in [0.15, 0.2) is 0 Å². The van der Waals surface area contributed by atoms with Crippen LogP contribution in [0.25, 0.3) is 0 Å². The number of hydrogen-bond donors (Lipinski definition) is 2. The Morgan fingerprint density at radius 2 is 0.760 bits per heavy atom. The molecule has 0 atom stereocenters. The molecule has 0 aromatic heterocycles. The van der Waals surface area contributed by atoms with Gasteiger partial charge in [-0.15, -0.1) is 0 Å². The van der Waals surface area contributed by atoms with Gasteiger partial charge in [-0.25, -0.2) is 0 Å². The van der Waals surface area contributed by atoms with Crippen LogP contribution in [0.4, 0.5) is 26.3 Å². The van der Waals surface area contributed by atoms with Gasteiger partial charge in [-0.1, -0.05) is 24.3 Å². The number of phenolic OH excluding ortho intramolecular Hbond substituents is 2. The zero-order valence-corrected chi connectivity index (χ0v) is 19.5. The van der Waals surface area contributed by atoms with E-state index in [0.717, 1.165) is 24.3 Å². The molecule has 0 heterocycles. The Kier molecular flexibility index (Phi) is 9.73. The summed E-state index contributed by atoms with van der Waals surface area (Å²) in [5, 5.41) is 18.3. The molecule has 2 aromatic carbocycles. The zero-order chi connectivity index (χ0) is 17.5. The fourth-order valence-corrected chi connectivity index (χ4v) is 2.40. The second-order valence-corrected chi connectivity index (χ2v) is 4.84. The van der Waals surface area contributed by atoms with Gasteiger partial charge >= 0.3 is 12.4 Å². The molecule has 0 amide bonds. The number of alkyl halides is 6. The molecule has 2 radical (unpaired) electrons. The largest absolute Gasteiger partial charge is 0.508 e. The molecule has 0 aliphatic carbocycles. The van der Waals surface area contributed by atoms with Gasteiger partial charge in [0.25, 0.3) is 0 Å². The van der Waals surface area contributed by atoms with Crippen LogP contribution >= 0.6 is 0 Å². The van der Waals surface area contributed by atoms with Crippen molar-refractivity contribution in [3.05, 3.63) is 59.7 Å². The van der Waals surface area contributed by atoms with Gasteiger partial charge in [-0.3, -0.25) is 0 Å². The standard InChI is InChI=1S/C15H10F6O2.2K/c16-14(17,18)13(15(19,20)21,9-1-5-11(22)6-2-9)10-3-7-12(23)8-4-10;;/h1-8,22-23H;;. The number of hydrogen-bond acceptors (Lipinski definition) is 2. The third-order valence-corrected chi connectivity index (χ3v) is 3.45. The molecule has 2 N–H and O–H groups in total. The van der Waals surface area contributed by atoms with Crippen LogP contribution in [0.3, 0.4) is 0 Å². The smallest absolute Gasteiger partial charge is 0.411 e. The summed E-state index contributed by atoms with van der Waals surface area (Å²) in [7, 11) is 0. The van der Waals surface area contributed by atoms with Crippen LogP contribution in [-0.2, 0) is 5.41 Å². The SMILES string of the molecule is Oc1ccc(C(c2ccc(O)cc2)(C(F)(F)F)C(F)(F)F)cc1.[K].[K]. The molecule has 0 spiro atoms. The molecule has 0 aliphatic rings. The van der Waals surface area contributed by atoms with Gasteiger partial charge in [-0.2, -0.15) is 26.3 Å². The Morgan fingerprint density at radius 1 is 0.520 bits per heavy atom. The van der Waals surface area contributed by atoms with Crippen molar-refractivity contribution in [3.63, 3.8) is 0 Å². The second-order valence-electron chi connectivity index (χ2n) is 4.84. The minimum absolute atomic E-state index is 0. The maximum atomic E-state index is 13.6. The Bertz CT molecular complexity index is 620. The van der Waals surface area contributed by atoms with Crippen LogP contribution in [0.5, 0.6) is 11.5 Å². The van der Waals surface area contributed by atoms with Gasteiger partial charge in [0, 0.05) is 103 Å². The first kappa shape index (κ1) is 25.9. The zero-order valence-electron chi connectivity index (χ0n) is 13.3. The molecule has 0 aliphatic heterocycles. The van der Waals surface area contributed by atoms with Crippen LogP contribution < -0.4 is 0 Å². The fourth-order valence-electron chi connectivity index (χ4n) is 2.40. The topological polar surface area (TPSA) is 40.5 Å². The monoisotopic (exact) mass is 414 g/mol. The van der Waals surface area contributed by atoms with Gasteiger partial charge in [0.1, 0.15) is 11.5 Å². The molecule has 0 bridgehead atoms. The summed E-state index contributed by atoms with van der Waals surface area (Å²) in [4.78, 5) is 0. The Labute approximate surface area is 224 Å². The molecular formula is C15H10F6K2O2. The summed E-state index contributed by atoms with van der Waals surface area (Å²) < 4.78 is 81.6. The van der Waals surface area contributed by atoms with E-state index in [1.807, 2.05) is 0 Å². The van der Waals surface area contributed by atoms with E-state index in [4.69, 9.17) is 10.2 Å². The quantitative estimate of drug-likeness (QED) is 0.581. The first-order valence-electron chi connectivity index (χ1n) is 6.22. The van der Waals surface area contributed by atoms with Crippen molar-refractivity contribution in [1.82, 2.24) is 0 Å². The van der Waals surface area contributed by atoms with Crippen molar-refractivity contribution < 1.29 is 36.6 Å². The van der Waals surface area contributed by atoms with E-state index >= 15 is 0 Å². The van der Waals surface area contributed by atoms with Gasteiger partial charge in [-0.05, 0) is 35.4 Å². The summed E-state index contributed by atoms with van der Waals surface area (Å²) in [6.45, 7) is 0. The van der Waals surface area contributed by atoms with Crippen LogP contribution in [0.15, 0.2) is 48.5 Å². The molecule has 0 unspecified atom stereocenters. The molecular weight excluding hydrogens is 404 g/mol. The van der Waals surface area contributed by atoms with E-state index in [2.05, 4.69) is 0 Å². The average Bonchev–Trinajstić information content (AvgIpc) is 2.40. The number of aromatic hydroxyl groups is 2. The summed E-state index contributed by atoms with van der Waals surface area (Å²) in [5.41, 5.74) is -6.44. The first-order chi connectivity index (χ1) is 10.5. The van der Waals surface area contributed by atoms with E-state index in [-0.39, 0.29) is 103 Å². The predicted octanol–water partition coefficient (Wildman–Crippen LogP) is 3.75. The minimum Gasteiger partial charge on any atom is -0.508 e. The number of rotatable bonds is 2. The van der Waals surface area contributed by atoms with Crippen LogP contribution in [0, 0.1) is 0 Å². The number of benzene rings is 2. The normalized spacial score (nSPS) is 12.1. The van der Waals surface area contributed by atoms with Crippen molar-refractivity contribution in [2.24, 2.45) is 0 Å². The minimum atomic E-state index is -5.70. The Morgan fingerprint density at radius 3 is 0.960 bits per heavy atom. The van der Waals surface area contributed by atoms with E-state index in [1.165, 1.54) is 0 Å². The number of halogens is 6. The molecule has 0 saturated heterocycles. The summed E-state index contributed by atoms with van der Waals surface area (Å²) in [6.07, 6.45) is -11.4. The summed E-state index contributed by atoms with van der Waals surface area (Å²) in [5.74, 6) is -0.921. The van der Waals surface area contributed by atoms with Crippen LogP contribution in [0.1, 0.15) is 11.1 Å². The molecule has 2 aromatic rings. The van der Waals surface area contributed by atoms with Gasteiger partial charge < -0.3 is 10.2 Å². The van der Waals surface area contributed by atoms with Crippen LogP contribution in [-0.4, -0.2) is 125 Å². The third kappa shape index (κ3) is 5.04. The summed E-state index contributed by atoms with van der Waals surface area (Å²) in [6, 6.07) is 5.30. The van der Waals surface area contributed by atoms with Crippen LogP contribution in [0.2, 0.25) is 0 Å². The van der Waals surface area contributed by atoms with E-state index in [9.17, 15) is 26.3 Å². The maximum absolute atomic E-state index is 13.6.